The fourth-order valence-electron chi connectivity index (χ4n) is 1.72. The van der Waals surface area contributed by atoms with Crippen LogP contribution >= 0.6 is 34.7 Å². The van der Waals surface area contributed by atoms with Crippen LogP contribution in [0.3, 0.4) is 0 Å². The Balaban J connectivity index is 1.76. The van der Waals surface area contributed by atoms with Crippen molar-refractivity contribution in [2.75, 3.05) is 0 Å². The van der Waals surface area contributed by atoms with Gasteiger partial charge >= 0.3 is 0 Å². The molecule has 5 heteroatoms. The molecule has 94 valence electrons. The average Bonchev–Trinajstić information content (AvgIpc) is 3.08. The van der Waals surface area contributed by atoms with Gasteiger partial charge in [-0.1, -0.05) is 29.3 Å². The highest BCUT2D eigenvalue weighted by Gasteiger charge is 2.20. The number of rotatable bonds is 4. The number of hydrogen-bond acceptors (Lipinski definition) is 3. The fraction of sp³-hybridized carbons (Fsp3) is 0.308. The molecule has 2 aromatic rings. The standard InChI is InChI=1S/C13H12Cl2N2S/c14-11-4-1-8(5-12(11)15)13-6-10(18-17-13)7-16-9-2-3-9/h1,4-6,9,16H,2-3,7H2. The van der Waals surface area contributed by atoms with Gasteiger partial charge in [0.1, 0.15) is 0 Å². The monoisotopic (exact) mass is 298 g/mol. The van der Waals surface area contributed by atoms with Gasteiger partial charge in [-0.25, -0.2) is 0 Å². The number of aromatic nitrogens is 1. The van der Waals surface area contributed by atoms with Gasteiger partial charge in [-0.2, -0.15) is 4.37 Å². The van der Waals surface area contributed by atoms with Crippen molar-refractivity contribution in [2.45, 2.75) is 25.4 Å². The third-order valence-electron chi connectivity index (χ3n) is 2.92. The van der Waals surface area contributed by atoms with Crippen molar-refractivity contribution in [3.05, 3.63) is 39.2 Å². The maximum atomic E-state index is 6.01. The molecule has 3 rings (SSSR count). The molecule has 0 atom stereocenters. The number of nitrogens with one attached hydrogen (secondary N) is 1. The van der Waals surface area contributed by atoms with E-state index in [1.807, 2.05) is 12.1 Å². The third-order valence-corrected chi connectivity index (χ3v) is 4.44. The van der Waals surface area contributed by atoms with E-state index in [1.54, 1.807) is 6.07 Å². The Kier molecular flexibility index (Phi) is 3.57. The number of hydrogen-bond donors (Lipinski definition) is 1. The van der Waals surface area contributed by atoms with Crippen molar-refractivity contribution in [3.63, 3.8) is 0 Å². The summed E-state index contributed by atoms with van der Waals surface area (Å²) < 4.78 is 4.46. The van der Waals surface area contributed by atoms with Crippen molar-refractivity contribution in [2.24, 2.45) is 0 Å². The van der Waals surface area contributed by atoms with E-state index in [0.717, 1.165) is 23.8 Å². The Labute approximate surface area is 120 Å². The molecule has 1 aromatic carbocycles. The van der Waals surface area contributed by atoms with E-state index in [0.29, 0.717) is 10.0 Å². The minimum absolute atomic E-state index is 0.569. The van der Waals surface area contributed by atoms with Gasteiger partial charge in [0.15, 0.2) is 0 Å². The van der Waals surface area contributed by atoms with Crippen LogP contribution < -0.4 is 5.32 Å². The number of benzene rings is 1. The average molecular weight is 299 g/mol. The summed E-state index contributed by atoms with van der Waals surface area (Å²) in [6.07, 6.45) is 2.61. The van der Waals surface area contributed by atoms with E-state index in [4.69, 9.17) is 23.2 Å². The second kappa shape index (κ2) is 5.17. The lowest BCUT2D eigenvalue weighted by atomic mass is 10.1. The molecule has 0 saturated heterocycles. The Morgan fingerprint density at radius 2 is 2.06 bits per heavy atom. The molecule has 1 aliphatic carbocycles. The zero-order chi connectivity index (χ0) is 12.5. The first-order valence-electron chi connectivity index (χ1n) is 5.87. The van der Waals surface area contributed by atoms with E-state index >= 15 is 0 Å². The number of nitrogens with zero attached hydrogens (tertiary/aromatic N) is 1. The SMILES string of the molecule is Clc1ccc(-c2cc(CNC3CC3)sn2)cc1Cl. The van der Waals surface area contributed by atoms with Gasteiger partial charge in [0, 0.05) is 23.0 Å². The third kappa shape index (κ3) is 2.86. The van der Waals surface area contributed by atoms with Crippen LogP contribution in [-0.2, 0) is 6.54 Å². The maximum absolute atomic E-state index is 6.01. The van der Waals surface area contributed by atoms with Gasteiger partial charge < -0.3 is 5.32 Å². The summed E-state index contributed by atoms with van der Waals surface area (Å²) in [6.45, 7) is 0.906. The summed E-state index contributed by atoms with van der Waals surface area (Å²) in [5.41, 5.74) is 1.98. The predicted molar refractivity (Wildman–Crippen MR) is 77.4 cm³/mol. The number of halogens is 2. The second-order valence-electron chi connectivity index (χ2n) is 4.46. The topological polar surface area (TPSA) is 24.9 Å². The summed E-state index contributed by atoms with van der Waals surface area (Å²) in [4.78, 5) is 1.25. The molecule has 1 N–H and O–H groups in total. The fourth-order valence-corrected chi connectivity index (χ4v) is 2.70. The van der Waals surface area contributed by atoms with Gasteiger partial charge in [0.05, 0.1) is 15.7 Å². The van der Waals surface area contributed by atoms with Gasteiger partial charge in [0.25, 0.3) is 0 Å². The van der Waals surface area contributed by atoms with E-state index in [9.17, 15) is 0 Å². The highest BCUT2D eigenvalue weighted by Crippen LogP contribution is 2.29. The zero-order valence-electron chi connectivity index (χ0n) is 9.62. The zero-order valence-corrected chi connectivity index (χ0v) is 11.9. The quantitative estimate of drug-likeness (QED) is 0.907. The molecule has 18 heavy (non-hydrogen) atoms. The van der Waals surface area contributed by atoms with Crippen molar-refractivity contribution in [1.29, 1.82) is 0 Å². The van der Waals surface area contributed by atoms with Crippen molar-refractivity contribution >= 4 is 34.7 Å². The molecule has 1 saturated carbocycles. The first-order valence-corrected chi connectivity index (χ1v) is 7.40. The van der Waals surface area contributed by atoms with Crippen LogP contribution in [0.25, 0.3) is 11.3 Å². The van der Waals surface area contributed by atoms with Crippen molar-refractivity contribution in [1.82, 2.24) is 9.69 Å². The molecule has 0 unspecified atom stereocenters. The van der Waals surface area contributed by atoms with E-state index in [1.165, 1.54) is 29.3 Å². The minimum atomic E-state index is 0.569. The molecule has 0 aliphatic heterocycles. The van der Waals surface area contributed by atoms with Crippen LogP contribution in [0.1, 0.15) is 17.7 Å². The molecule has 1 heterocycles. The first-order chi connectivity index (χ1) is 8.72. The Morgan fingerprint density at radius 1 is 1.22 bits per heavy atom. The van der Waals surface area contributed by atoms with Gasteiger partial charge in [-0.05, 0) is 42.6 Å². The Morgan fingerprint density at radius 3 is 2.78 bits per heavy atom. The van der Waals surface area contributed by atoms with Gasteiger partial charge in [0.2, 0.25) is 0 Å². The molecular formula is C13H12Cl2N2S. The molecule has 0 bridgehead atoms. The normalized spacial score (nSPS) is 15.0. The lowest BCUT2D eigenvalue weighted by molar-refractivity contribution is 0.695. The van der Waals surface area contributed by atoms with Crippen LogP contribution in [0.2, 0.25) is 10.0 Å². The highest BCUT2D eigenvalue weighted by molar-refractivity contribution is 7.06. The Bertz CT molecular complexity index is 564. The molecule has 0 amide bonds. The molecule has 2 nitrogen and oxygen atoms in total. The molecule has 1 aliphatic rings. The van der Waals surface area contributed by atoms with E-state index in [-0.39, 0.29) is 0 Å². The van der Waals surface area contributed by atoms with Gasteiger partial charge in [-0.15, -0.1) is 0 Å². The lowest BCUT2D eigenvalue weighted by Crippen LogP contribution is -2.14. The van der Waals surface area contributed by atoms with Crippen molar-refractivity contribution in [3.8, 4) is 11.3 Å². The maximum Gasteiger partial charge on any atom is 0.0844 e. The lowest BCUT2D eigenvalue weighted by Gasteiger charge is -1.99. The largest absolute Gasteiger partial charge is 0.309 e. The molecule has 1 aromatic heterocycles. The first kappa shape index (κ1) is 12.4. The second-order valence-corrected chi connectivity index (χ2v) is 6.17. The highest BCUT2D eigenvalue weighted by atomic mass is 35.5. The summed E-state index contributed by atoms with van der Waals surface area (Å²) in [6, 6.07) is 8.44. The Hall–Kier alpha value is -0.610. The van der Waals surface area contributed by atoms with Crippen LogP contribution in [0, 0.1) is 0 Å². The molecule has 1 fully saturated rings. The smallest absolute Gasteiger partial charge is 0.0844 e. The van der Waals surface area contributed by atoms with Crippen LogP contribution in [0.5, 0.6) is 0 Å². The van der Waals surface area contributed by atoms with Gasteiger partial charge in [-0.3, -0.25) is 0 Å². The molecule has 0 radical (unpaired) electrons. The summed E-state index contributed by atoms with van der Waals surface area (Å²) >= 11 is 13.5. The molecule has 0 spiro atoms. The van der Waals surface area contributed by atoms with Crippen LogP contribution in [0.4, 0.5) is 0 Å². The van der Waals surface area contributed by atoms with Crippen LogP contribution in [0.15, 0.2) is 24.3 Å². The summed E-state index contributed by atoms with van der Waals surface area (Å²) in [7, 11) is 0. The van der Waals surface area contributed by atoms with E-state index < -0.39 is 0 Å². The van der Waals surface area contributed by atoms with Crippen LogP contribution in [-0.4, -0.2) is 10.4 Å². The summed E-state index contributed by atoms with van der Waals surface area (Å²) in [5, 5.41) is 4.63. The molecular weight excluding hydrogens is 287 g/mol. The predicted octanol–water partition coefficient (Wildman–Crippen LogP) is 4.37. The van der Waals surface area contributed by atoms with Crippen molar-refractivity contribution < 1.29 is 0 Å². The van der Waals surface area contributed by atoms with E-state index in [2.05, 4.69) is 15.8 Å². The minimum Gasteiger partial charge on any atom is -0.309 e. The summed E-state index contributed by atoms with van der Waals surface area (Å²) in [5.74, 6) is 0.